The highest BCUT2D eigenvalue weighted by Gasteiger charge is 2.24. The van der Waals surface area contributed by atoms with E-state index in [0.717, 1.165) is 16.7 Å². The van der Waals surface area contributed by atoms with Crippen LogP contribution in [-0.2, 0) is 11.3 Å². The zero-order valence-corrected chi connectivity index (χ0v) is 11.7. The summed E-state index contributed by atoms with van der Waals surface area (Å²) >= 11 is 0. The third kappa shape index (κ3) is 2.75. The molecule has 1 aliphatic rings. The standard InChI is InChI=1S/C17H19NO2/c1-18(19)11-12-20-17(14-7-3-2-4-8-14)16-10-6-5-9-15(16)13-18/h2-10,17H,11-13H2,1H3/t17-,18?/m0/s1. The molecule has 1 heterocycles. The first-order valence-corrected chi connectivity index (χ1v) is 6.96. The fraction of sp³-hybridized carbons (Fsp3) is 0.294. The molecule has 104 valence electrons. The number of fused-ring (bicyclic) bond motifs is 1. The van der Waals surface area contributed by atoms with Gasteiger partial charge in [-0.3, -0.25) is 0 Å². The largest absolute Gasteiger partial charge is 0.633 e. The van der Waals surface area contributed by atoms with Gasteiger partial charge in [-0.25, -0.2) is 0 Å². The van der Waals surface area contributed by atoms with Crippen LogP contribution in [0, 0.1) is 5.21 Å². The first-order valence-electron chi connectivity index (χ1n) is 6.96. The lowest BCUT2D eigenvalue weighted by atomic mass is 9.95. The number of hydroxylamine groups is 3. The van der Waals surface area contributed by atoms with Crippen LogP contribution in [0.5, 0.6) is 0 Å². The van der Waals surface area contributed by atoms with Gasteiger partial charge in [0.25, 0.3) is 0 Å². The van der Waals surface area contributed by atoms with Crippen molar-refractivity contribution in [3.8, 4) is 0 Å². The molecule has 0 spiro atoms. The van der Waals surface area contributed by atoms with Crippen LogP contribution in [0.3, 0.4) is 0 Å². The minimum absolute atomic E-state index is 0.0762. The Balaban J connectivity index is 2.05. The summed E-state index contributed by atoms with van der Waals surface area (Å²) in [4.78, 5) is 0. The monoisotopic (exact) mass is 269 g/mol. The lowest BCUT2D eigenvalue weighted by Gasteiger charge is -2.41. The van der Waals surface area contributed by atoms with Crippen molar-refractivity contribution in [3.63, 3.8) is 0 Å². The quantitative estimate of drug-likeness (QED) is 0.588. The van der Waals surface area contributed by atoms with Gasteiger partial charge >= 0.3 is 0 Å². The third-order valence-corrected chi connectivity index (χ3v) is 3.79. The second-order valence-electron chi connectivity index (χ2n) is 5.54. The molecule has 3 heteroatoms. The van der Waals surface area contributed by atoms with Crippen LogP contribution in [0.15, 0.2) is 54.6 Å². The van der Waals surface area contributed by atoms with E-state index in [0.29, 0.717) is 19.7 Å². The van der Waals surface area contributed by atoms with Gasteiger partial charge in [-0.15, -0.1) is 0 Å². The Labute approximate surface area is 119 Å². The van der Waals surface area contributed by atoms with Gasteiger partial charge in [-0.05, 0) is 11.1 Å². The normalized spacial score (nSPS) is 26.4. The summed E-state index contributed by atoms with van der Waals surface area (Å²) in [5.74, 6) is 0. The fourth-order valence-electron chi connectivity index (χ4n) is 2.73. The molecule has 20 heavy (non-hydrogen) atoms. The van der Waals surface area contributed by atoms with Gasteiger partial charge in [-0.1, -0.05) is 54.6 Å². The van der Waals surface area contributed by atoms with Gasteiger partial charge in [0.1, 0.15) is 19.2 Å². The van der Waals surface area contributed by atoms with Gasteiger partial charge in [-0.2, -0.15) is 0 Å². The molecule has 0 saturated carbocycles. The van der Waals surface area contributed by atoms with E-state index in [1.807, 2.05) is 36.4 Å². The van der Waals surface area contributed by atoms with Crippen molar-refractivity contribution in [2.45, 2.75) is 12.6 Å². The van der Waals surface area contributed by atoms with E-state index in [2.05, 4.69) is 18.2 Å². The smallest absolute Gasteiger partial charge is 0.108 e. The molecular weight excluding hydrogens is 250 g/mol. The zero-order chi connectivity index (χ0) is 14.0. The number of hydrogen-bond donors (Lipinski definition) is 0. The fourth-order valence-corrected chi connectivity index (χ4v) is 2.73. The lowest BCUT2D eigenvalue weighted by Crippen LogP contribution is -2.41. The minimum atomic E-state index is -0.279. The Morgan fingerprint density at radius 3 is 2.55 bits per heavy atom. The summed E-state index contributed by atoms with van der Waals surface area (Å²) in [5.41, 5.74) is 3.33. The van der Waals surface area contributed by atoms with Crippen molar-refractivity contribution in [1.82, 2.24) is 0 Å². The lowest BCUT2D eigenvalue weighted by molar-refractivity contribution is -0.875. The molecule has 0 bridgehead atoms. The summed E-state index contributed by atoms with van der Waals surface area (Å²) in [6.45, 7) is 1.47. The summed E-state index contributed by atoms with van der Waals surface area (Å²) in [6, 6.07) is 18.3. The van der Waals surface area contributed by atoms with Crippen LogP contribution in [-0.4, -0.2) is 24.8 Å². The van der Waals surface area contributed by atoms with Gasteiger partial charge < -0.3 is 14.6 Å². The molecule has 0 aromatic heterocycles. The maximum atomic E-state index is 12.4. The number of hydrogen-bond acceptors (Lipinski definition) is 2. The molecule has 1 aliphatic heterocycles. The molecule has 1 unspecified atom stereocenters. The van der Waals surface area contributed by atoms with E-state index >= 15 is 0 Å². The molecule has 3 nitrogen and oxygen atoms in total. The van der Waals surface area contributed by atoms with E-state index in [1.54, 1.807) is 7.05 Å². The Bertz CT molecular complexity index is 581. The van der Waals surface area contributed by atoms with E-state index in [-0.39, 0.29) is 10.8 Å². The number of ether oxygens (including phenoxy) is 1. The summed E-state index contributed by atoms with van der Waals surface area (Å²) in [6.07, 6.45) is -0.0762. The van der Waals surface area contributed by atoms with E-state index < -0.39 is 0 Å². The Morgan fingerprint density at radius 1 is 1.05 bits per heavy atom. The second kappa shape index (κ2) is 5.37. The van der Waals surface area contributed by atoms with Crippen molar-refractivity contribution in [2.75, 3.05) is 20.2 Å². The molecule has 0 amide bonds. The first-order chi connectivity index (χ1) is 9.66. The number of likely N-dealkylation sites (N-methyl/N-ethyl adjacent to an activating group) is 1. The molecule has 0 N–H and O–H groups in total. The minimum Gasteiger partial charge on any atom is -0.633 e. The van der Waals surface area contributed by atoms with Crippen LogP contribution < -0.4 is 0 Å². The van der Waals surface area contributed by atoms with Crippen molar-refractivity contribution in [3.05, 3.63) is 76.5 Å². The summed E-state index contributed by atoms with van der Waals surface area (Å²) in [7, 11) is 1.71. The SMILES string of the molecule is C[N+]1([O-])CCO[C@@H](c2ccccc2)c2ccccc2C1. The van der Waals surface area contributed by atoms with Crippen LogP contribution in [0.4, 0.5) is 0 Å². The number of quaternary nitrogens is 1. The average molecular weight is 269 g/mol. The van der Waals surface area contributed by atoms with Gasteiger partial charge in [0.15, 0.2) is 0 Å². The predicted molar refractivity (Wildman–Crippen MR) is 78.8 cm³/mol. The van der Waals surface area contributed by atoms with Gasteiger partial charge in [0.05, 0.1) is 13.7 Å². The molecule has 0 saturated heterocycles. The highest BCUT2D eigenvalue weighted by atomic mass is 16.6. The van der Waals surface area contributed by atoms with Crippen LogP contribution in [0.25, 0.3) is 0 Å². The Morgan fingerprint density at radius 2 is 1.75 bits per heavy atom. The molecule has 0 fully saturated rings. The van der Waals surface area contributed by atoms with Crippen LogP contribution in [0.2, 0.25) is 0 Å². The molecule has 2 atom stereocenters. The van der Waals surface area contributed by atoms with Gasteiger partial charge in [0, 0.05) is 5.56 Å². The average Bonchev–Trinajstić information content (AvgIpc) is 2.43. The highest BCUT2D eigenvalue weighted by molar-refractivity contribution is 5.36. The molecule has 2 aromatic carbocycles. The molecule has 3 rings (SSSR count). The van der Waals surface area contributed by atoms with Crippen LogP contribution in [0.1, 0.15) is 22.8 Å². The predicted octanol–water partition coefficient (Wildman–Crippen LogP) is 3.25. The summed E-state index contributed by atoms with van der Waals surface area (Å²) < 4.78 is 5.74. The first kappa shape index (κ1) is 13.3. The van der Waals surface area contributed by atoms with Crippen molar-refractivity contribution >= 4 is 0 Å². The topological polar surface area (TPSA) is 32.3 Å². The molecular formula is C17H19NO2. The van der Waals surface area contributed by atoms with Crippen molar-refractivity contribution < 1.29 is 9.38 Å². The Hall–Kier alpha value is -1.68. The van der Waals surface area contributed by atoms with Crippen molar-refractivity contribution in [2.24, 2.45) is 0 Å². The van der Waals surface area contributed by atoms with Crippen LogP contribution >= 0.6 is 0 Å². The van der Waals surface area contributed by atoms with Crippen molar-refractivity contribution in [1.29, 1.82) is 0 Å². The van der Waals surface area contributed by atoms with Gasteiger partial charge in [0.2, 0.25) is 0 Å². The maximum Gasteiger partial charge on any atom is 0.108 e. The maximum absolute atomic E-state index is 12.4. The third-order valence-electron chi connectivity index (χ3n) is 3.79. The number of rotatable bonds is 1. The highest BCUT2D eigenvalue weighted by Crippen LogP contribution is 2.31. The van der Waals surface area contributed by atoms with E-state index in [1.165, 1.54) is 0 Å². The number of benzene rings is 2. The zero-order valence-electron chi connectivity index (χ0n) is 11.7. The summed E-state index contributed by atoms with van der Waals surface area (Å²) in [5, 5.41) is 12.4. The Kier molecular flexibility index (Phi) is 3.57. The number of nitrogens with zero attached hydrogens (tertiary/aromatic N) is 1. The molecule has 0 radical (unpaired) electrons. The van der Waals surface area contributed by atoms with E-state index in [9.17, 15) is 5.21 Å². The molecule has 2 aromatic rings. The van der Waals surface area contributed by atoms with E-state index in [4.69, 9.17) is 4.74 Å². The molecule has 0 aliphatic carbocycles. The second-order valence-corrected chi connectivity index (χ2v) is 5.54.